The Labute approximate surface area is 105 Å². The first-order chi connectivity index (χ1) is 8.09. The SMILES string of the molecule is Nc1cc(N)c(NCCC2CCC2)c(F)c1Cl. The van der Waals surface area contributed by atoms with Gasteiger partial charge in [0.25, 0.3) is 0 Å². The van der Waals surface area contributed by atoms with Gasteiger partial charge >= 0.3 is 0 Å². The minimum atomic E-state index is -0.558. The summed E-state index contributed by atoms with van der Waals surface area (Å²) in [4.78, 5) is 0. The third-order valence-corrected chi connectivity index (χ3v) is 3.73. The number of benzene rings is 1. The molecule has 1 fully saturated rings. The molecule has 17 heavy (non-hydrogen) atoms. The van der Waals surface area contributed by atoms with Gasteiger partial charge in [-0.3, -0.25) is 0 Å². The fourth-order valence-electron chi connectivity index (χ4n) is 2.03. The zero-order chi connectivity index (χ0) is 12.4. The van der Waals surface area contributed by atoms with Crippen LogP contribution in [0.25, 0.3) is 0 Å². The van der Waals surface area contributed by atoms with E-state index in [4.69, 9.17) is 23.1 Å². The van der Waals surface area contributed by atoms with Gasteiger partial charge in [-0.1, -0.05) is 30.9 Å². The van der Waals surface area contributed by atoms with E-state index in [9.17, 15) is 4.39 Å². The Morgan fingerprint density at radius 2 is 2.06 bits per heavy atom. The molecule has 2 rings (SSSR count). The monoisotopic (exact) mass is 257 g/mol. The van der Waals surface area contributed by atoms with Crippen molar-refractivity contribution in [3.63, 3.8) is 0 Å². The van der Waals surface area contributed by atoms with Gasteiger partial charge < -0.3 is 16.8 Å². The second-order valence-corrected chi connectivity index (χ2v) is 4.95. The minimum absolute atomic E-state index is 0.0645. The summed E-state index contributed by atoms with van der Waals surface area (Å²) in [5, 5.41) is 2.94. The van der Waals surface area contributed by atoms with Crippen molar-refractivity contribution in [2.24, 2.45) is 5.92 Å². The Kier molecular flexibility index (Phi) is 3.62. The van der Waals surface area contributed by atoms with Gasteiger partial charge in [0.15, 0.2) is 5.82 Å². The highest BCUT2D eigenvalue weighted by molar-refractivity contribution is 6.33. The number of nitrogen functional groups attached to an aromatic ring is 2. The molecule has 0 atom stereocenters. The van der Waals surface area contributed by atoms with Crippen LogP contribution in [0.15, 0.2) is 6.07 Å². The summed E-state index contributed by atoms with van der Waals surface area (Å²) >= 11 is 5.74. The lowest BCUT2D eigenvalue weighted by atomic mass is 9.83. The van der Waals surface area contributed by atoms with Crippen LogP contribution in [0.1, 0.15) is 25.7 Å². The van der Waals surface area contributed by atoms with Gasteiger partial charge in [0.05, 0.1) is 17.1 Å². The van der Waals surface area contributed by atoms with E-state index in [0.717, 1.165) is 12.3 Å². The van der Waals surface area contributed by atoms with E-state index >= 15 is 0 Å². The zero-order valence-electron chi connectivity index (χ0n) is 9.60. The molecule has 0 amide bonds. The molecule has 1 saturated carbocycles. The summed E-state index contributed by atoms with van der Waals surface area (Å²) in [5.41, 5.74) is 12.0. The molecule has 1 aromatic carbocycles. The predicted octanol–water partition coefficient (Wildman–Crippen LogP) is 3.25. The third-order valence-electron chi connectivity index (χ3n) is 3.34. The topological polar surface area (TPSA) is 64.1 Å². The number of nitrogens with one attached hydrogen (secondary N) is 1. The van der Waals surface area contributed by atoms with Crippen molar-refractivity contribution in [2.75, 3.05) is 23.3 Å². The maximum atomic E-state index is 13.8. The standard InChI is InChI=1S/C12H17ClFN3/c13-10-8(15)6-9(16)12(11(10)14)17-5-4-7-2-1-3-7/h6-7,17H,1-5,15-16H2. The number of anilines is 3. The molecule has 0 aromatic heterocycles. The van der Waals surface area contributed by atoms with Gasteiger partial charge in [0.2, 0.25) is 0 Å². The molecule has 1 aromatic rings. The molecule has 94 valence electrons. The second-order valence-electron chi connectivity index (χ2n) is 4.57. The van der Waals surface area contributed by atoms with Crippen LogP contribution in [0.5, 0.6) is 0 Å². The van der Waals surface area contributed by atoms with Gasteiger partial charge in [-0.05, 0) is 18.4 Å². The van der Waals surface area contributed by atoms with Crippen LogP contribution in [0, 0.1) is 11.7 Å². The summed E-state index contributed by atoms with van der Waals surface area (Å²) in [6, 6.07) is 1.48. The van der Waals surface area contributed by atoms with E-state index < -0.39 is 5.82 Å². The Morgan fingerprint density at radius 1 is 1.35 bits per heavy atom. The lowest BCUT2D eigenvalue weighted by Gasteiger charge is -2.25. The first-order valence-electron chi connectivity index (χ1n) is 5.86. The number of rotatable bonds is 4. The quantitative estimate of drug-likeness (QED) is 0.726. The molecule has 0 heterocycles. The van der Waals surface area contributed by atoms with E-state index in [-0.39, 0.29) is 16.4 Å². The maximum Gasteiger partial charge on any atom is 0.169 e. The van der Waals surface area contributed by atoms with Crippen LogP contribution in [-0.2, 0) is 0 Å². The average Bonchev–Trinajstić information content (AvgIpc) is 2.22. The molecule has 1 aliphatic carbocycles. The van der Waals surface area contributed by atoms with Crippen molar-refractivity contribution < 1.29 is 4.39 Å². The lowest BCUT2D eigenvalue weighted by molar-refractivity contribution is 0.303. The van der Waals surface area contributed by atoms with E-state index in [1.165, 1.54) is 25.3 Å². The highest BCUT2D eigenvalue weighted by atomic mass is 35.5. The van der Waals surface area contributed by atoms with Gasteiger partial charge in [-0.25, -0.2) is 4.39 Å². The van der Waals surface area contributed by atoms with Crippen molar-refractivity contribution >= 4 is 28.7 Å². The van der Waals surface area contributed by atoms with Crippen LogP contribution in [0.4, 0.5) is 21.5 Å². The summed E-state index contributed by atoms with van der Waals surface area (Å²) in [5.74, 6) is 0.216. The molecule has 0 unspecified atom stereocenters. The van der Waals surface area contributed by atoms with E-state index in [2.05, 4.69) is 5.32 Å². The first kappa shape index (κ1) is 12.3. The molecule has 0 radical (unpaired) electrons. The van der Waals surface area contributed by atoms with Crippen LogP contribution in [0.3, 0.4) is 0 Å². The van der Waals surface area contributed by atoms with Gasteiger partial charge in [-0.15, -0.1) is 0 Å². The summed E-state index contributed by atoms with van der Waals surface area (Å²) in [6.45, 7) is 0.714. The molecule has 0 aliphatic heterocycles. The average molecular weight is 258 g/mol. The normalized spacial score (nSPS) is 15.6. The van der Waals surface area contributed by atoms with Gasteiger partial charge in [0, 0.05) is 6.54 Å². The van der Waals surface area contributed by atoms with E-state index in [0.29, 0.717) is 12.2 Å². The van der Waals surface area contributed by atoms with Crippen molar-refractivity contribution in [3.8, 4) is 0 Å². The van der Waals surface area contributed by atoms with Gasteiger partial charge in [0.1, 0.15) is 5.02 Å². The van der Waals surface area contributed by atoms with Crippen LogP contribution < -0.4 is 16.8 Å². The Morgan fingerprint density at radius 3 is 2.65 bits per heavy atom. The van der Waals surface area contributed by atoms with Crippen molar-refractivity contribution in [1.29, 1.82) is 0 Å². The molecular weight excluding hydrogens is 241 g/mol. The Balaban J connectivity index is 2.01. The zero-order valence-corrected chi connectivity index (χ0v) is 10.4. The molecular formula is C12H17ClFN3. The van der Waals surface area contributed by atoms with Crippen LogP contribution in [0.2, 0.25) is 5.02 Å². The third kappa shape index (κ3) is 2.57. The van der Waals surface area contributed by atoms with Crippen molar-refractivity contribution in [1.82, 2.24) is 0 Å². The highest BCUT2D eigenvalue weighted by Gasteiger charge is 2.18. The van der Waals surface area contributed by atoms with E-state index in [1.807, 2.05) is 0 Å². The minimum Gasteiger partial charge on any atom is -0.397 e. The molecule has 5 heteroatoms. The van der Waals surface area contributed by atoms with Crippen LogP contribution in [-0.4, -0.2) is 6.54 Å². The Bertz CT molecular complexity index is 419. The summed E-state index contributed by atoms with van der Waals surface area (Å²) in [6.07, 6.45) is 4.92. The van der Waals surface area contributed by atoms with Crippen molar-refractivity contribution in [2.45, 2.75) is 25.7 Å². The van der Waals surface area contributed by atoms with Gasteiger partial charge in [-0.2, -0.15) is 0 Å². The van der Waals surface area contributed by atoms with Crippen molar-refractivity contribution in [3.05, 3.63) is 16.9 Å². The summed E-state index contributed by atoms with van der Waals surface area (Å²) < 4.78 is 13.8. The molecule has 0 bridgehead atoms. The molecule has 3 nitrogen and oxygen atoms in total. The largest absolute Gasteiger partial charge is 0.397 e. The molecule has 0 saturated heterocycles. The predicted molar refractivity (Wildman–Crippen MR) is 70.7 cm³/mol. The number of hydrogen-bond acceptors (Lipinski definition) is 3. The van der Waals surface area contributed by atoms with Crippen LogP contribution >= 0.6 is 11.6 Å². The number of hydrogen-bond donors (Lipinski definition) is 3. The number of nitrogens with two attached hydrogens (primary N) is 2. The fraction of sp³-hybridized carbons (Fsp3) is 0.500. The molecule has 5 N–H and O–H groups in total. The van der Waals surface area contributed by atoms with E-state index in [1.54, 1.807) is 0 Å². The second kappa shape index (κ2) is 5.00. The number of halogens is 2. The first-order valence-corrected chi connectivity index (χ1v) is 6.24. The fourth-order valence-corrected chi connectivity index (χ4v) is 2.18. The Hall–Kier alpha value is -1.16. The molecule has 1 aliphatic rings. The maximum absolute atomic E-state index is 13.8. The smallest absolute Gasteiger partial charge is 0.169 e. The molecule has 0 spiro atoms. The highest BCUT2D eigenvalue weighted by Crippen LogP contribution is 2.34. The summed E-state index contributed by atoms with van der Waals surface area (Å²) in [7, 11) is 0. The lowest BCUT2D eigenvalue weighted by Crippen LogP contribution is -2.16.